The number of hydrogen-bond donors (Lipinski definition) is 0. The molecule has 0 aromatic carbocycles. The van der Waals surface area contributed by atoms with Gasteiger partial charge in [-0.2, -0.15) is 0 Å². The second kappa shape index (κ2) is 6.96. The van der Waals surface area contributed by atoms with E-state index in [0.29, 0.717) is 12.1 Å². The van der Waals surface area contributed by atoms with Crippen molar-refractivity contribution in [1.82, 2.24) is 14.8 Å². The van der Waals surface area contributed by atoms with Crippen molar-refractivity contribution >= 4 is 17.4 Å². The topological polar surface area (TPSA) is 45.7 Å². The fraction of sp³-hybridized carbons (Fsp3) is 0.750. The van der Waals surface area contributed by atoms with Gasteiger partial charge in [-0.05, 0) is 47.6 Å². The van der Waals surface area contributed by atoms with Gasteiger partial charge in [-0.25, -0.2) is 9.78 Å². The molecular weight excluding hydrogens is 298 g/mol. The zero-order chi connectivity index (χ0) is 16.3. The molecular formula is C16H27N3O2S. The summed E-state index contributed by atoms with van der Waals surface area (Å²) in [5.41, 5.74) is -0.427. The maximum absolute atomic E-state index is 12.1. The molecule has 0 N–H and O–H groups in total. The third kappa shape index (κ3) is 4.43. The van der Waals surface area contributed by atoms with E-state index < -0.39 is 5.60 Å². The Morgan fingerprint density at radius 2 is 2.09 bits per heavy atom. The Morgan fingerprint density at radius 3 is 2.59 bits per heavy atom. The number of rotatable bonds is 3. The Hall–Kier alpha value is -1.14. The average Bonchev–Trinajstić information content (AvgIpc) is 2.98. The predicted molar refractivity (Wildman–Crippen MR) is 89.1 cm³/mol. The molecule has 0 bridgehead atoms. The molecule has 5 nitrogen and oxygen atoms in total. The van der Waals surface area contributed by atoms with Crippen LogP contribution in [0.1, 0.15) is 51.6 Å². The van der Waals surface area contributed by atoms with Gasteiger partial charge >= 0.3 is 6.09 Å². The van der Waals surface area contributed by atoms with Crippen LogP contribution in [0.4, 0.5) is 4.79 Å². The zero-order valence-corrected chi connectivity index (χ0v) is 15.0. The van der Waals surface area contributed by atoms with E-state index in [1.807, 2.05) is 37.2 Å². The Labute approximate surface area is 137 Å². The van der Waals surface area contributed by atoms with Crippen LogP contribution in [0.2, 0.25) is 0 Å². The lowest BCUT2D eigenvalue weighted by Gasteiger charge is -2.39. The van der Waals surface area contributed by atoms with Gasteiger partial charge in [0.15, 0.2) is 0 Å². The zero-order valence-electron chi connectivity index (χ0n) is 14.2. The number of thiazole rings is 1. The first kappa shape index (κ1) is 17.2. The van der Waals surface area contributed by atoms with E-state index in [1.165, 1.54) is 0 Å². The summed E-state index contributed by atoms with van der Waals surface area (Å²) in [4.78, 5) is 20.7. The lowest BCUT2D eigenvalue weighted by molar-refractivity contribution is 0.0137. The summed E-state index contributed by atoms with van der Waals surface area (Å²) in [5, 5.41) is 3.17. The number of amides is 1. The van der Waals surface area contributed by atoms with Crippen molar-refractivity contribution in [3.63, 3.8) is 0 Å². The van der Waals surface area contributed by atoms with Crippen LogP contribution in [0.3, 0.4) is 0 Å². The SMILES string of the molecule is CC(c1nccs1)N(C)C1CCN(C(=O)OC(C)(C)C)CC1. The molecule has 2 rings (SSSR count). The second-order valence-electron chi connectivity index (χ2n) is 6.91. The Balaban J connectivity index is 1.85. The number of likely N-dealkylation sites (tertiary alicyclic amines) is 1. The molecule has 0 spiro atoms. The summed E-state index contributed by atoms with van der Waals surface area (Å²) in [7, 11) is 2.15. The number of piperidine rings is 1. The number of ether oxygens (including phenoxy) is 1. The van der Waals surface area contributed by atoms with E-state index in [9.17, 15) is 4.79 Å². The fourth-order valence-corrected chi connectivity index (χ4v) is 3.46. The van der Waals surface area contributed by atoms with Crippen molar-refractivity contribution in [3.05, 3.63) is 16.6 Å². The number of nitrogens with zero attached hydrogens (tertiary/aromatic N) is 3. The van der Waals surface area contributed by atoms with Gasteiger partial charge in [0.25, 0.3) is 0 Å². The van der Waals surface area contributed by atoms with Crippen molar-refractivity contribution in [3.8, 4) is 0 Å². The minimum atomic E-state index is -0.427. The van der Waals surface area contributed by atoms with Gasteiger partial charge in [-0.1, -0.05) is 0 Å². The average molecular weight is 325 g/mol. The highest BCUT2D eigenvalue weighted by Gasteiger charge is 2.30. The van der Waals surface area contributed by atoms with Crippen LogP contribution in [0.5, 0.6) is 0 Å². The van der Waals surface area contributed by atoms with Crippen LogP contribution >= 0.6 is 11.3 Å². The summed E-state index contributed by atoms with van der Waals surface area (Å²) in [6.07, 6.45) is 3.62. The third-order valence-electron chi connectivity index (χ3n) is 4.11. The van der Waals surface area contributed by atoms with Gasteiger partial charge in [0.05, 0.1) is 6.04 Å². The normalized spacial score (nSPS) is 18.5. The Morgan fingerprint density at radius 1 is 1.45 bits per heavy atom. The van der Waals surface area contributed by atoms with Crippen LogP contribution in [-0.2, 0) is 4.74 Å². The van der Waals surface area contributed by atoms with Crippen LogP contribution in [-0.4, -0.2) is 52.7 Å². The van der Waals surface area contributed by atoms with Crippen molar-refractivity contribution < 1.29 is 9.53 Å². The number of carbonyl (C=O) groups is 1. The Kier molecular flexibility index (Phi) is 5.45. The number of hydrogen-bond acceptors (Lipinski definition) is 5. The predicted octanol–water partition coefficient (Wildman–Crippen LogP) is 3.54. The largest absolute Gasteiger partial charge is 0.444 e. The molecule has 2 heterocycles. The fourth-order valence-electron chi connectivity index (χ4n) is 2.71. The minimum absolute atomic E-state index is 0.193. The van der Waals surface area contributed by atoms with Gasteiger partial charge in [0.1, 0.15) is 10.6 Å². The molecule has 0 radical (unpaired) electrons. The maximum atomic E-state index is 12.1. The lowest BCUT2D eigenvalue weighted by atomic mass is 10.0. The van der Waals surface area contributed by atoms with Gasteiger partial charge < -0.3 is 9.64 Å². The molecule has 6 heteroatoms. The molecule has 1 unspecified atom stereocenters. The highest BCUT2D eigenvalue weighted by molar-refractivity contribution is 7.09. The van der Waals surface area contributed by atoms with Gasteiger partial charge in [-0.15, -0.1) is 11.3 Å². The molecule has 1 saturated heterocycles. The summed E-state index contributed by atoms with van der Waals surface area (Å²) < 4.78 is 5.44. The van der Waals surface area contributed by atoms with E-state index in [2.05, 4.69) is 23.9 Å². The minimum Gasteiger partial charge on any atom is -0.444 e. The molecule has 22 heavy (non-hydrogen) atoms. The smallest absolute Gasteiger partial charge is 0.410 e. The molecule has 1 aliphatic rings. The first-order chi connectivity index (χ1) is 10.3. The first-order valence-corrected chi connectivity index (χ1v) is 8.75. The van der Waals surface area contributed by atoms with E-state index in [0.717, 1.165) is 30.9 Å². The van der Waals surface area contributed by atoms with Crippen molar-refractivity contribution in [2.24, 2.45) is 0 Å². The van der Waals surface area contributed by atoms with Crippen LogP contribution in [0.25, 0.3) is 0 Å². The van der Waals surface area contributed by atoms with Crippen LogP contribution in [0, 0.1) is 0 Å². The second-order valence-corrected chi connectivity index (χ2v) is 7.84. The number of carbonyl (C=O) groups excluding carboxylic acids is 1. The maximum Gasteiger partial charge on any atom is 0.410 e. The molecule has 0 saturated carbocycles. The summed E-state index contributed by atoms with van der Waals surface area (Å²) in [6.45, 7) is 9.42. The van der Waals surface area contributed by atoms with Crippen LogP contribution < -0.4 is 0 Å². The Bertz CT molecular complexity index is 476. The molecule has 1 atom stereocenters. The molecule has 1 fully saturated rings. The first-order valence-electron chi connectivity index (χ1n) is 7.87. The van der Waals surface area contributed by atoms with Crippen molar-refractivity contribution in [2.45, 2.75) is 58.2 Å². The third-order valence-corrected chi connectivity index (χ3v) is 5.06. The monoisotopic (exact) mass is 325 g/mol. The summed E-state index contributed by atoms with van der Waals surface area (Å²) >= 11 is 1.70. The lowest BCUT2D eigenvalue weighted by Crippen LogP contribution is -2.47. The van der Waals surface area contributed by atoms with E-state index >= 15 is 0 Å². The summed E-state index contributed by atoms with van der Waals surface area (Å²) in [5.74, 6) is 0. The van der Waals surface area contributed by atoms with Gasteiger partial charge in [0.2, 0.25) is 0 Å². The van der Waals surface area contributed by atoms with Crippen molar-refractivity contribution in [2.75, 3.05) is 20.1 Å². The van der Waals surface area contributed by atoms with E-state index in [1.54, 1.807) is 11.3 Å². The molecule has 1 aliphatic heterocycles. The molecule has 1 aromatic rings. The molecule has 124 valence electrons. The summed E-state index contributed by atoms with van der Waals surface area (Å²) in [6, 6.07) is 0.802. The van der Waals surface area contributed by atoms with E-state index in [4.69, 9.17) is 4.74 Å². The highest BCUT2D eigenvalue weighted by Crippen LogP contribution is 2.27. The molecule has 1 amide bonds. The van der Waals surface area contributed by atoms with Crippen LogP contribution in [0.15, 0.2) is 11.6 Å². The standard InChI is InChI=1S/C16H27N3O2S/c1-12(14-17-8-11-22-14)18(5)13-6-9-19(10-7-13)15(20)21-16(2,3)4/h8,11-13H,6-7,9-10H2,1-5H3. The van der Waals surface area contributed by atoms with Gasteiger partial charge in [0, 0.05) is 30.7 Å². The quantitative estimate of drug-likeness (QED) is 0.853. The molecule has 1 aromatic heterocycles. The van der Waals surface area contributed by atoms with Crippen molar-refractivity contribution in [1.29, 1.82) is 0 Å². The van der Waals surface area contributed by atoms with E-state index in [-0.39, 0.29) is 6.09 Å². The molecule has 0 aliphatic carbocycles. The number of aromatic nitrogens is 1. The van der Waals surface area contributed by atoms with Gasteiger partial charge in [-0.3, -0.25) is 4.90 Å². The highest BCUT2D eigenvalue weighted by atomic mass is 32.1.